The molecule has 212 valence electrons. The number of carboxylic acids is 1. The molecule has 9 heteroatoms. The second-order valence-corrected chi connectivity index (χ2v) is 13.1. The van der Waals surface area contributed by atoms with Crippen LogP contribution in [0.4, 0.5) is 11.4 Å². The van der Waals surface area contributed by atoms with E-state index in [0.29, 0.717) is 28.7 Å². The lowest BCUT2D eigenvalue weighted by Gasteiger charge is -2.25. The Labute approximate surface area is 240 Å². The molecule has 2 aliphatic carbocycles. The van der Waals surface area contributed by atoms with Crippen molar-refractivity contribution in [2.24, 2.45) is 0 Å². The summed E-state index contributed by atoms with van der Waals surface area (Å²) in [6, 6.07) is 20.9. The van der Waals surface area contributed by atoms with Crippen molar-refractivity contribution >= 4 is 33.1 Å². The molecular weight excluding hydrogens is 538 g/mol. The second kappa shape index (κ2) is 11.8. The van der Waals surface area contributed by atoms with Crippen LogP contribution in [0.3, 0.4) is 0 Å². The Bertz CT molecular complexity index is 1560. The van der Waals surface area contributed by atoms with E-state index in [1.165, 1.54) is 23.3 Å². The van der Waals surface area contributed by atoms with Crippen LogP contribution in [0.5, 0.6) is 0 Å². The number of nitrogens with zero attached hydrogens (tertiary/aromatic N) is 2. The van der Waals surface area contributed by atoms with Crippen LogP contribution in [0, 0.1) is 11.3 Å². The van der Waals surface area contributed by atoms with E-state index in [0.717, 1.165) is 31.4 Å². The molecule has 2 N–H and O–H groups in total. The Balaban J connectivity index is 1.36. The quantitative estimate of drug-likeness (QED) is 0.279. The van der Waals surface area contributed by atoms with Crippen LogP contribution < -0.4 is 10.2 Å². The second-order valence-electron chi connectivity index (χ2n) is 10.8. The molecule has 0 aromatic heterocycles. The minimum Gasteiger partial charge on any atom is -0.480 e. The molecule has 5 rings (SSSR count). The molecule has 0 saturated heterocycles. The zero-order valence-electron chi connectivity index (χ0n) is 22.9. The average molecular weight is 572 g/mol. The van der Waals surface area contributed by atoms with E-state index in [1.54, 1.807) is 48.2 Å². The van der Waals surface area contributed by atoms with Gasteiger partial charge in [0, 0.05) is 16.9 Å². The minimum atomic E-state index is -3.36. The van der Waals surface area contributed by atoms with Gasteiger partial charge in [0.05, 0.1) is 29.2 Å². The molecule has 0 spiro atoms. The predicted octanol–water partition coefficient (Wildman–Crippen LogP) is 5.84. The van der Waals surface area contributed by atoms with E-state index in [4.69, 9.17) is 0 Å². The van der Waals surface area contributed by atoms with Gasteiger partial charge in [0.25, 0.3) is 5.91 Å². The fourth-order valence-corrected chi connectivity index (χ4v) is 5.92. The number of sulfone groups is 1. The van der Waals surface area contributed by atoms with E-state index in [2.05, 4.69) is 29.6 Å². The van der Waals surface area contributed by atoms with Crippen LogP contribution >= 0.6 is 0 Å². The fourth-order valence-electron chi connectivity index (χ4n) is 5.04. The molecule has 2 saturated carbocycles. The molecule has 1 atom stereocenters. The maximum atomic E-state index is 13.1. The standard InChI is InChI=1S/C32H33N3O5S/c1-2-41(39,40)29-13-9-23(10-14-29)30(15-16-33)34-32(38)24-7-11-27(12-8-24)35(20-31(36)37)28-18-25(21-3-4-21)17-26(19-28)22-5-6-22/h7-14,17-19,21-22,30H,2-6,15,20H2,1H3,(H,34,38)(H,36,37)/t30-/m0/s1. The summed E-state index contributed by atoms with van der Waals surface area (Å²) in [7, 11) is -3.36. The first-order chi connectivity index (χ1) is 19.7. The smallest absolute Gasteiger partial charge is 0.323 e. The van der Waals surface area contributed by atoms with Gasteiger partial charge in [-0.05, 0) is 103 Å². The number of nitriles is 1. The van der Waals surface area contributed by atoms with Crippen molar-refractivity contribution in [2.45, 2.75) is 61.8 Å². The van der Waals surface area contributed by atoms with E-state index < -0.39 is 27.8 Å². The van der Waals surface area contributed by atoms with Crippen molar-refractivity contribution in [1.29, 1.82) is 5.26 Å². The Hall–Kier alpha value is -4.16. The molecule has 41 heavy (non-hydrogen) atoms. The molecule has 2 fully saturated rings. The first-order valence-corrected chi connectivity index (χ1v) is 15.6. The highest BCUT2D eigenvalue weighted by Gasteiger charge is 2.30. The predicted molar refractivity (Wildman–Crippen MR) is 156 cm³/mol. The first kappa shape index (κ1) is 28.4. The van der Waals surface area contributed by atoms with Crippen LogP contribution in [0.15, 0.2) is 71.6 Å². The lowest BCUT2D eigenvalue weighted by molar-refractivity contribution is -0.135. The highest BCUT2D eigenvalue weighted by molar-refractivity contribution is 7.91. The van der Waals surface area contributed by atoms with Gasteiger partial charge in [0.1, 0.15) is 6.54 Å². The fraction of sp³-hybridized carbons (Fsp3) is 0.344. The van der Waals surface area contributed by atoms with Crippen molar-refractivity contribution in [3.8, 4) is 6.07 Å². The normalized spacial score (nSPS) is 15.5. The molecule has 0 bridgehead atoms. The molecule has 0 radical (unpaired) electrons. The number of benzene rings is 3. The summed E-state index contributed by atoms with van der Waals surface area (Å²) in [6.07, 6.45) is 4.64. The highest BCUT2D eigenvalue weighted by Crippen LogP contribution is 2.47. The zero-order chi connectivity index (χ0) is 29.1. The van der Waals surface area contributed by atoms with Crippen molar-refractivity contribution in [1.82, 2.24) is 5.32 Å². The van der Waals surface area contributed by atoms with E-state index in [9.17, 15) is 28.4 Å². The van der Waals surface area contributed by atoms with E-state index in [-0.39, 0.29) is 23.6 Å². The number of carboxylic acid groups (broad SMARTS) is 1. The Kier molecular flexibility index (Phi) is 8.13. The van der Waals surface area contributed by atoms with E-state index >= 15 is 0 Å². The van der Waals surface area contributed by atoms with Crippen molar-refractivity contribution in [2.75, 3.05) is 17.2 Å². The third kappa shape index (κ3) is 6.77. The third-order valence-electron chi connectivity index (χ3n) is 7.73. The summed E-state index contributed by atoms with van der Waals surface area (Å²) < 4.78 is 24.3. The monoisotopic (exact) mass is 571 g/mol. The van der Waals surface area contributed by atoms with Gasteiger partial charge in [-0.2, -0.15) is 5.26 Å². The van der Waals surface area contributed by atoms with E-state index in [1.807, 2.05) is 0 Å². The summed E-state index contributed by atoms with van der Waals surface area (Å²) in [5.74, 6) is -0.275. The maximum absolute atomic E-state index is 13.1. The van der Waals surface area contributed by atoms with Crippen LogP contribution in [-0.4, -0.2) is 37.7 Å². The first-order valence-electron chi connectivity index (χ1n) is 13.9. The largest absolute Gasteiger partial charge is 0.480 e. The summed E-state index contributed by atoms with van der Waals surface area (Å²) in [5.41, 5.74) is 5.03. The third-order valence-corrected chi connectivity index (χ3v) is 9.48. The molecule has 8 nitrogen and oxygen atoms in total. The molecule has 0 unspecified atom stereocenters. The SMILES string of the molecule is CCS(=O)(=O)c1ccc([C@H](CC#N)NC(=O)c2ccc(N(CC(=O)O)c3cc(C4CC4)cc(C4CC4)c3)cc2)cc1. The van der Waals surface area contributed by atoms with Gasteiger partial charge in [0.2, 0.25) is 0 Å². The van der Waals surface area contributed by atoms with Crippen LogP contribution in [0.2, 0.25) is 0 Å². The van der Waals surface area contributed by atoms with Gasteiger partial charge in [-0.3, -0.25) is 9.59 Å². The van der Waals surface area contributed by atoms with Gasteiger partial charge in [0.15, 0.2) is 9.84 Å². The number of anilines is 2. The summed E-state index contributed by atoms with van der Waals surface area (Å²) in [5, 5.41) is 21.9. The Morgan fingerprint density at radius 3 is 2.02 bits per heavy atom. The number of amides is 1. The number of hydrogen-bond acceptors (Lipinski definition) is 6. The molecule has 1 amide bonds. The van der Waals surface area contributed by atoms with Gasteiger partial charge < -0.3 is 15.3 Å². The number of carbonyl (C=O) groups excluding carboxylic acids is 1. The summed E-state index contributed by atoms with van der Waals surface area (Å²) >= 11 is 0. The van der Waals surface area contributed by atoms with Crippen LogP contribution in [-0.2, 0) is 14.6 Å². The Morgan fingerprint density at radius 2 is 1.54 bits per heavy atom. The van der Waals surface area contributed by atoms with Gasteiger partial charge >= 0.3 is 5.97 Å². The van der Waals surface area contributed by atoms with Gasteiger partial charge in [-0.15, -0.1) is 0 Å². The van der Waals surface area contributed by atoms with Crippen molar-refractivity contribution < 1.29 is 23.1 Å². The topological polar surface area (TPSA) is 128 Å². The molecule has 2 aliphatic rings. The van der Waals surface area contributed by atoms with Gasteiger partial charge in [-0.25, -0.2) is 8.42 Å². The summed E-state index contributed by atoms with van der Waals surface area (Å²) in [4.78, 5) is 26.9. The summed E-state index contributed by atoms with van der Waals surface area (Å²) in [6.45, 7) is 1.36. The molecule has 0 aliphatic heterocycles. The Morgan fingerprint density at radius 1 is 0.951 bits per heavy atom. The molecule has 3 aromatic rings. The maximum Gasteiger partial charge on any atom is 0.323 e. The van der Waals surface area contributed by atoms with Gasteiger partial charge in [-0.1, -0.05) is 25.1 Å². The number of hydrogen-bond donors (Lipinski definition) is 2. The highest BCUT2D eigenvalue weighted by atomic mass is 32.2. The molecular formula is C32H33N3O5S. The molecule has 3 aromatic carbocycles. The number of carbonyl (C=O) groups is 2. The lowest BCUT2D eigenvalue weighted by atomic mass is 10.0. The average Bonchev–Trinajstić information content (AvgIpc) is 3.89. The zero-order valence-corrected chi connectivity index (χ0v) is 23.7. The van der Waals surface area contributed by atoms with Crippen molar-refractivity contribution in [3.63, 3.8) is 0 Å². The number of nitrogens with one attached hydrogen (secondary N) is 1. The van der Waals surface area contributed by atoms with Crippen LogP contribution in [0.1, 0.15) is 84.0 Å². The van der Waals surface area contributed by atoms with Crippen molar-refractivity contribution in [3.05, 3.63) is 89.0 Å². The van der Waals surface area contributed by atoms with Crippen LogP contribution in [0.25, 0.3) is 0 Å². The minimum absolute atomic E-state index is 0.0107. The lowest BCUT2D eigenvalue weighted by Crippen LogP contribution is -2.28. The molecule has 0 heterocycles. The number of rotatable bonds is 12. The number of aliphatic carboxylic acids is 1.